The Hall–Kier alpha value is -1.39. The highest BCUT2D eigenvalue weighted by molar-refractivity contribution is 7.85. The number of hydrogen-bond acceptors (Lipinski definition) is 2. The summed E-state index contributed by atoms with van der Waals surface area (Å²) in [4.78, 5) is 0.0268. The lowest BCUT2D eigenvalue weighted by atomic mass is 9.95. The van der Waals surface area contributed by atoms with E-state index in [1.807, 2.05) is 0 Å². The van der Waals surface area contributed by atoms with Crippen LogP contribution in [0, 0.1) is 0 Å². The molecule has 0 atom stereocenters. The maximum Gasteiger partial charge on any atom is 0.294 e. The fraction of sp³-hybridized carbons (Fsp3) is 0.750. The summed E-state index contributed by atoms with van der Waals surface area (Å²) in [6, 6.07) is 9.82. The molecule has 2 rings (SSSR count). The molecule has 0 radical (unpaired) electrons. The molecule has 0 heterocycles. The van der Waals surface area contributed by atoms with Crippen LogP contribution in [0.25, 0.3) is 10.8 Å². The second kappa shape index (κ2) is 24.8. The Kier molecular flexibility index (Phi) is 21.9. The minimum absolute atomic E-state index is 0.0268. The van der Waals surface area contributed by atoms with E-state index in [0.29, 0.717) is 0 Å². The largest absolute Gasteiger partial charge is 0.294 e. The van der Waals surface area contributed by atoms with Crippen LogP contribution in [0.2, 0.25) is 0 Å². The van der Waals surface area contributed by atoms with Crippen LogP contribution in [0.15, 0.2) is 35.2 Å². The molecule has 0 amide bonds. The van der Waals surface area contributed by atoms with Gasteiger partial charge in [0.05, 0.1) is 4.90 Å². The molecule has 0 aliphatic carbocycles. The highest BCUT2D eigenvalue weighted by Gasteiger charge is 2.14. The first-order valence-corrected chi connectivity index (χ1v) is 20.4. The van der Waals surface area contributed by atoms with Crippen molar-refractivity contribution in [3.05, 3.63) is 41.5 Å². The van der Waals surface area contributed by atoms with E-state index < -0.39 is 10.1 Å². The minimum atomic E-state index is -4.22. The van der Waals surface area contributed by atoms with Gasteiger partial charge in [-0.2, -0.15) is 8.42 Å². The number of fused-ring (bicyclic) bond motifs is 1. The molecule has 0 aromatic heterocycles. The van der Waals surface area contributed by atoms with Crippen molar-refractivity contribution in [1.29, 1.82) is 0 Å². The average Bonchev–Trinajstić information content (AvgIpc) is 3.01. The summed E-state index contributed by atoms with van der Waals surface area (Å²) in [5, 5.41) is 2.07. The van der Waals surface area contributed by atoms with Crippen molar-refractivity contribution in [2.45, 2.75) is 199 Å². The summed E-state index contributed by atoms with van der Waals surface area (Å²) in [6.45, 7) is 4.56. The minimum Gasteiger partial charge on any atom is -0.282 e. The van der Waals surface area contributed by atoms with Crippen LogP contribution >= 0.6 is 0 Å². The zero-order valence-corrected chi connectivity index (χ0v) is 29.7. The van der Waals surface area contributed by atoms with E-state index in [2.05, 4.69) is 32.0 Å². The molecule has 0 saturated heterocycles. The summed E-state index contributed by atoms with van der Waals surface area (Å²) in [6.07, 6.45) is 36.8. The molecule has 0 aliphatic heterocycles. The van der Waals surface area contributed by atoms with Crippen LogP contribution in [0.3, 0.4) is 0 Å². The molecule has 0 unspecified atom stereocenters. The Morgan fingerprint density at radius 1 is 0.477 bits per heavy atom. The molecule has 0 saturated carbocycles. The van der Waals surface area contributed by atoms with Crippen molar-refractivity contribution in [2.75, 3.05) is 0 Å². The normalized spacial score (nSPS) is 12.0. The lowest BCUT2D eigenvalue weighted by molar-refractivity contribution is 0.483. The molecule has 0 bridgehead atoms. The smallest absolute Gasteiger partial charge is 0.282 e. The third kappa shape index (κ3) is 17.9. The van der Waals surface area contributed by atoms with Crippen LogP contribution in [-0.2, 0) is 23.0 Å². The second-order valence-corrected chi connectivity index (χ2v) is 15.0. The Balaban J connectivity index is 1.71. The van der Waals surface area contributed by atoms with Crippen LogP contribution in [-0.4, -0.2) is 13.0 Å². The van der Waals surface area contributed by atoms with Gasteiger partial charge in [-0.25, -0.2) is 0 Å². The summed E-state index contributed by atoms with van der Waals surface area (Å²) < 4.78 is 33.8. The van der Waals surface area contributed by atoms with Crippen molar-refractivity contribution in [3.8, 4) is 0 Å². The van der Waals surface area contributed by atoms with E-state index in [0.717, 1.165) is 35.6 Å². The first-order valence-electron chi connectivity index (χ1n) is 19.0. The number of unbranched alkanes of at least 4 members (excludes halogenated alkanes) is 24. The third-order valence-electron chi connectivity index (χ3n) is 9.49. The molecule has 4 heteroatoms. The van der Waals surface area contributed by atoms with E-state index in [9.17, 15) is 13.0 Å². The third-order valence-corrected chi connectivity index (χ3v) is 10.3. The van der Waals surface area contributed by atoms with Gasteiger partial charge >= 0.3 is 0 Å². The van der Waals surface area contributed by atoms with Gasteiger partial charge in [-0.3, -0.25) is 4.55 Å². The number of aryl methyl sites for hydroxylation is 2. The maximum atomic E-state index is 12.0. The fourth-order valence-corrected chi connectivity index (χ4v) is 7.21. The van der Waals surface area contributed by atoms with Crippen LogP contribution in [0.4, 0.5) is 0 Å². The van der Waals surface area contributed by atoms with Gasteiger partial charge in [-0.05, 0) is 59.7 Å². The standard InChI is InChI=1S/C40H68O3S/c1-3-5-7-9-11-13-15-17-19-21-23-25-27-29-36-31-32-38-35-39(44(41,42)43)34-37(40(38)33-36)30-28-26-24-22-20-18-16-14-12-10-8-6-4-2/h31-35H,3-30H2,1-2H3,(H,41,42,43). The Labute approximate surface area is 273 Å². The molecule has 3 nitrogen and oxygen atoms in total. The zero-order chi connectivity index (χ0) is 31.7. The van der Waals surface area contributed by atoms with Crippen LogP contribution < -0.4 is 0 Å². The van der Waals surface area contributed by atoms with Crippen molar-refractivity contribution in [3.63, 3.8) is 0 Å². The van der Waals surface area contributed by atoms with Gasteiger partial charge in [0, 0.05) is 0 Å². The maximum absolute atomic E-state index is 12.0. The summed E-state index contributed by atoms with van der Waals surface area (Å²) in [5.41, 5.74) is 2.40. The van der Waals surface area contributed by atoms with Crippen molar-refractivity contribution >= 4 is 20.9 Å². The lowest BCUT2D eigenvalue weighted by Crippen LogP contribution is -2.01. The highest BCUT2D eigenvalue weighted by atomic mass is 32.2. The molecule has 0 aliphatic rings. The molecule has 44 heavy (non-hydrogen) atoms. The van der Waals surface area contributed by atoms with Gasteiger partial charge in [0.25, 0.3) is 10.1 Å². The monoisotopic (exact) mass is 628 g/mol. The molecule has 0 fully saturated rings. The van der Waals surface area contributed by atoms with Crippen molar-refractivity contribution in [1.82, 2.24) is 0 Å². The van der Waals surface area contributed by atoms with Gasteiger partial charge < -0.3 is 0 Å². The summed E-state index contributed by atoms with van der Waals surface area (Å²) in [5.74, 6) is 0. The Bertz CT molecular complexity index is 1090. The first kappa shape index (κ1) is 38.8. The highest BCUT2D eigenvalue weighted by Crippen LogP contribution is 2.28. The zero-order valence-electron chi connectivity index (χ0n) is 28.9. The molecule has 2 aromatic rings. The van der Waals surface area contributed by atoms with E-state index >= 15 is 0 Å². The van der Waals surface area contributed by atoms with E-state index in [1.165, 1.54) is 166 Å². The average molecular weight is 629 g/mol. The first-order chi connectivity index (χ1) is 21.5. The van der Waals surface area contributed by atoms with Gasteiger partial charge in [0.2, 0.25) is 0 Å². The summed E-state index contributed by atoms with van der Waals surface area (Å²) in [7, 11) is -4.22. The predicted octanol–water partition coefficient (Wildman–Crippen LogP) is 13.4. The van der Waals surface area contributed by atoms with Gasteiger partial charge in [0.1, 0.15) is 0 Å². The molecule has 2 aromatic carbocycles. The lowest BCUT2D eigenvalue weighted by Gasteiger charge is -2.12. The molecule has 0 spiro atoms. The number of hydrogen-bond donors (Lipinski definition) is 1. The Morgan fingerprint density at radius 2 is 0.864 bits per heavy atom. The molecule has 252 valence electrons. The SMILES string of the molecule is CCCCCCCCCCCCCCCc1ccc2cc(S(=O)(=O)O)cc(CCCCCCCCCCCCCCC)c2c1. The van der Waals surface area contributed by atoms with Crippen LogP contribution in [0.5, 0.6) is 0 Å². The Morgan fingerprint density at radius 3 is 1.27 bits per heavy atom. The summed E-state index contributed by atoms with van der Waals surface area (Å²) >= 11 is 0. The number of rotatable bonds is 29. The molecule has 1 N–H and O–H groups in total. The van der Waals surface area contributed by atoms with E-state index in [-0.39, 0.29) is 4.90 Å². The second-order valence-electron chi connectivity index (χ2n) is 13.6. The fourth-order valence-electron chi connectivity index (χ4n) is 6.64. The van der Waals surface area contributed by atoms with Gasteiger partial charge in [-0.1, -0.05) is 186 Å². The number of benzene rings is 2. The quantitative estimate of drug-likeness (QED) is 0.0720. The van der Waals surface area contributed by atoms with Gasteiger partial charge in [-0.15, -0.1) is 0 Å². The molecular formula is C40H68O3S. The van der Waals surface area contributed by atoms with E-state index in [4.69, 9.17) is 0 Å². The van der Waals surface area contributed by atoms with Crippen molar-refractivity contribution in [2.24, 2.45) is 0 Å². The topological polar surface area (TPSA) is 54.4 Å². The predicted molar refractivity (Wildman–Crippen MR) is 193 cm³/mol. The van der Waals surface area contributed by atoms with Gasteiger partial charge in [0.15, 0.2) is 0 Å². The van der Waals surface area contributed by atoms with Crippen LogP contribution in [0.1, 0.15) is 192 Å². The molecular weight excluding hydrogens is 561 g/mol. The van der Waals surface area contributed by atoms with Crippen molar-refractivity contribution < 1.29 is 13.0 Å². The van der Waals surface area contributed by atoms with E-state index in [1.54, 1.807) is 12.1 Å².